The van der Waals surface area contributed by atoms with Gasteiger partial charge in [-0.25, -0.2) is 0 Å². The Balaban J connectivity index is 1.36. The average molecular weight is 464 g/mol. The molecule has 0 saturated carbocycles. The Labute approximate surface area is 199 Å². The van der Waals surface area contributed by atoms with Crippen LogP contribution in [0.2, 0.25) is 5.02 Å². The summed E-state index contributed by atoms with van der Waals surface area (Å²) >= 11 is 11.4. The van der Waals surface area contributed by atoms with Gasteiger partial charge >= 0.3 is 0 Å². The van der Waals surface area contributed by atoms with E-state index in [4.69, 9.17) is 23.8 Å². The molecule has 0 spiro atoms. The number of carbonyl (C=O) groups is 1. The van der Waals surface area contributed by atoms with Gasteiger partial charge in [-0.15, -0.1) is 0 Å². The van der Waals surface area contributed by atoms with Gasteiger partial charge in [0.1, 0.15) is 0 Å². The molecule has 1 N–H and O–H groups in total. The highest BCUT2D eigenvalue weighted by Gasteiger charge is 2.27. The van der Waals surface area contributed by atoms with Crippen LogP contribution in [0.1, 0.15) is 22.7 Å². The van der Waals surface area contributed by atoms with Crippen LogP contribution in [0.4, 0.5) is 0 Å². The van der Waals surface area contributed by atoms with E-state index in [1.54, 1.807) is 12.1 Å². The Morgan fingerprint density at radius 3 is 1.91 bits per heavy atom. The molecule has 32 heavy (non-hydrogen) atoms. The van der Waals surface area contributed by atoms with Crippen molar-refractivity contribution in [3.63, 3.8) is 0 Å². The Bertz CT molecular complexity index is 996. The summed E-state index contributed by atoms with van der Waals surface area (Å²) in [7, 11) is 0. The summed E-state index contributed by atoms with van der Waals surface area (Å²) in [5, 5.41) is 4.05. The highest BCUT2D eigenvalue weighted by atomic mass is 35.5. The molecule has 4 rings (SSSR count). The lowest BCUT2D eigenvalue weighted by Gasteiger charge is -2.40. The van der Waals surface area contributed by atoms with Crippen LogP contribution >= 0.6 is 23.8 Å². The summed E-state index contributed by atoms with van der Waals surface area (Å²) in [5.41, 5.74) is 3.48. The molecule has 1 aliphatic rings. The van der Waals surface area contributed by atoms with Crippen molar-refractivity contribution in [1.29, 1.82) is 0 Å². The molecule has 1 fully saturated rings. The van der Waals surface area contributed by atoms with Gasteiger partial charge in [-0.1, -0.05) is 84.4 Å². The second-order valence-corrected chi connectivity index (χ2v) is 8.73. The number of benzene rings is 3. The minimum absolute atomic E-state index is 0.105. The number of hydrogen-bond donors (Lipinski definition) is 1. The van der Waals surface area contributed by atoms with Crippen molar-refractivity contribution >= 4 is 34.8 Å². The second kappa shape index (κ2) is 10.7. The van der Waals surface area contributed by atoms with Crippen LogP contribution in [0, 0.1) is 0 Å². The molecule has 3 aromatic rings. The third kappa shape index (κ3) is 5.74. The van der Waals surface area contributed by atoms with Crippen LogP contribution in [0.25, 0.3) is 0 Å². The summed E-state index contributed by atoms with van der Waals surface area (Å²) in [6.07, 6.45) is 0.279. The summed E-state index contributed by atoms with van der Waals surface area (Å²) in [4.78, 5) is 17.0. The van der Waals surface area contributed by atoms with E-state index in [1.165, 1.54) is 11.1 Å². The fraction of sp³-hybridized carbons (Fsp3) is 0.231. The van der Waals surface area contributed by atoms with Crippen molar-refractivity contribution in [2.75, 3.05) is 26.2 Å². The van der Waals surface area contributed by atoms with Crippen molar-refractivity contribution in [2.45, 2.75) is 12.5 Å². The number of carbonyl (C=O) groups excluding carboxylic acids is 1. The van der Waals surface area contributed by atoms with E-state index in [1.807, 2.05) is 12.1 Å². The predicted octanol–water partition coefficient (Wildman–Crippen LogP) is 4.69. The first-order valence-corrected chi connectivity index (χ1v) is 11.6. The summed E-state index contributed by atoms with van der Waals surface area (Å²) in [5.74, 6) is -0.105. The Morgan fingerprint density at radius 1 is 0.844 bits per heavy atom. The van der Waals surface area contributed by atoms with Crippen LogP contribution in [0.15, 0.2) is 84.9 Å². The molecule has 0 atom stereocenters. The van der Waals surface area contributed by atoms with Crippen molar-refractivity contribution in [2.24, 2.45) is 0 Å². The summed E-state index contributed by atoms with van der Waals surface area (Å²) < 4.78 is 0. The fourth-order valence-electron chi connectivity index (χ4n) is 4.10. The first kappa shape index (κ1) is 22.5. The maximum Gasteiger partial charge on any atom is 0.230 e. The second-order valence-electron chi connectivity index (χ2n) is 7.90. The smallest absolute Gasteiger partial charge is 0.230 e. The van der Waals surface area contributed by atoms with E-state index >= 15 is 0 Å². The molecule has 6 heteroatoms. The van der Waals surface area contributed by atoms with E-state index in [0.29, 0.717) is 10.1 Å². The Morgan fingerprint density at radius 2 is 1.38 bits per heavy atom. The van der Waals surface area contributed by atoms with Gasteiger partial charge in [0.25, 0.3) is 0 Å². The van der Waals surface area contributed by atoms with Gasteiger partial charge in [0.15, 0.2) is 5.11 Å². The Kier molecular flexibility index (Phi) is 7.53. The first-order valence-electron chi connectivity index (χ1n) is 10.8. The minimum Gasteiger partial charge on any atom is -0.346 e. The van der Waals surface area contributed by atoms with E-state index in [0.717, 1.165) is 31.7 Å². The summed E-state index contributed by atoms with van der Waals surface area (Å²) in [6.45, 7) is 3.27. The van der Waals surface area contributed by atoms with Crippen molar-refractivity contribution in [3.8, 4) is 0 Å². The number of rotatable bonds is 5. The zero-order valence-corrected chi connectivity index (χ0v) is 19.4. The molecule has 4 nitrogen and oxygen atoms in total. The van der Waals surface area contributed by atoms with E-state index in [-0.39, 0.29) is 18.4 Å². The number of nitrogens with one attached hydrogen (secondary N) is 1. The van der Waals surface area contributed by atoms with Crippen LogP contribution in [-0.2, 0) is 11.2 Å². The van der Waals surface area contributed by atoms with Crippen molar-refractivity contribution < 1.29 is 4.79 Å². The topological polar surface area (TPSA) is 35.6 Å². The molecule has 0 aromatic heterocycles. The average Bonchev–Trinajstić information content (AvgIpc) is 2.82. The van der Waals surface area contributed by atoms with Gasteiger partial charge in [0, 0.05) is 31.2 Å². The third-order valence-corrected chi connectivity index (χ3v) is 6.33. The number of halogens is 1. The number of thiocarbonyl (C=S) groups is 1. The summed E-state index contributed by atoms with van der Waals surface area (Å²) in [6, 6.07) is 28.7. The largest absolute Gasteiger partial charge is 0.346 e. The van der Waals surface area contributed by atoms with Gasteiger partial charge in [-0.2, -0.15) is 0 Å². The maximum atomic E-state index is 12.4. The molecular formula is C26H26ClN3OS. The highest BCUT2D eigenvalue weighted by Crippen LogP contribution is 2.29. The molecule has 3 aromatic carbocycles. The van der Waals surface area contributed by atoms with Crippen LogP contribution < -0.4 is 5.32 Å². The van der Waals surface area contributed by atoms with Gasteiger partial charge in [0.05, 0.1) is 12.5 Å². The lowest BCUT2D eigenvalue weighted by atomic mass is 9.96. The van der Waals surface area contributed by atoms with Crippen molar-refractivity contribution in [3.05, 3.63) is 107 Å². The number of nitrogens with zero attached hydrogens (tertiary/aromatic N) is 2. The standard InChI is InChI=1S/C26H26ClN3OS/c27-23-13-11-20(12-14-23)19-24(31)28-26(32)30-17-15-29(16-18-30)25(21-7-3-1-4-8-21)22-9-5-2-6-10-22/h1-14,25H,15-19H2,(H,28,31,32). The molecule has 164 valence electrons. The minimum atomic E-state index is -0.105. The molecule has 1 heterocycles. The van der Waals surface area contributed by atoms with Gasteiger partial charge in [-0.05, 0) is 41.0 Å². The lowest BCUT2D eigenvalue weighted by Crippen LogP contribution is -2.53. The fourth-order valence-corrected chi connectivity index (χ4v) is 4.52. The molecule has 0 radical (unpaired) electrons. The molecule has 1 aliphatic heterocycles. The SMILES string of the molecule is O=C(Cc1ccc(Cl)cc1)NC(=S)N1CCN(C(c2ccccc2)c2ccccc2)CC1. The molecule has 0 bridgehead atoms. The molecule has 1 saturated heterocycles. The quantitative estimate of drug-likeness (QED) is 0.557. The normalized spacial score (nSPS) is 14.4. The van der Waals surface area contributed by atoms with E-state index in [2.05, 4.69) is 75.8 Å². The molecule has 0 aliphatic carbocycles. The van der Waals surface area contributed by atoms with Gasteiger partial charge in [0.2, 0.25) is 5.91 Å². The van der Waals surface area contributed by atoms with Crippen LogP contribution in [0.3, 0.4) is 0 Å². The lowest BCUT2D eigenvalue weighted by molar-refractivity contribution is -0.119. The van der Waals surface area contributed by atoms with Gasteiger partial charge in [-0.3, -0.25) is 9.69 Å². The molecule has 1 amide bonds. The molecule has 0 unspecified atom stereocenters. The number of hydrogen-bond acceptors (Lipinski definition) is 3. The highest BCUT2D eigenvalue weighted by molar-refractivity contribution is 7.80. The number of amides is 1. The maximum absolute atomic E-state index is 12.4. The van der Waals surface area contributed by atoms with Gasteiger partial charge < -0.3 is 10.2 Å². The first-order chi connectivity index (χ1) is 15.6. The monoisotopic (exact) mass is 463 g/mol. The zero-order valence-electron chi connectivity index (χ0n) is 17.8. The molecular weight excluding hydrogens is 438 g/mol. The number of piperazine rings is 1. The van der Waals surface area contributed by atoms with E-state index in [9.17, 15) is 4.79 Å². The van der Waals surface area contributed by atoms with Crippen LogP contribution in [-0.4, -0.2) is 47.0 Å². The predicted molar refractivity (Wildman–Crippen MR) is 134 cm³/mol. The zero-order chi connectivity index (χ0) is 22.3. The Hall–Kier alpha value is -2.73. The van der Waals surface area contributed by atoms with Crippen LogP contribution in [0.5, 0.6) is 0 Å². The van der Waals surface area contributed by atoms with E-state index < -0.39 is 0 Å². The third-order valence-electron chi connectivity index (χ3n) is 5.72. The van der Waals surface area contributed by atoms with Crippen molar-refractivity contribution in [1.82, 2.24) is 15.1 Å².